The van der Waals surface area contributed by atoms with Gasteiger partial charge in [-0.25, -0.2) is 4.98 Å². The molecular weight excluding hydrogens is 298 g/mol. The summed E-state index contributed by atoms with van der Waals surface area (Å²) in [4.78, 5) is 19.5. The maximum atomic E-state index is 11.3. The highest BCUT2D eigenvalue weighted by molar-refractivity contribution is 5.93. The molecule has 0 aliphatic rings. The highest BCUT2D eigenvalue weighted by Gasteiger charge is 2.09. The van der Waals surface area contributed by atoms with Gasteiger partial charge in [0.25, 0.3) is 0 Å². The molecule has 0 N–H and O–H groups in total. The predicted octanol–water partition coefficient (Wildman–Crippen LogP) is 4.31. The van der Waals surface area contributed by atoms with E-state index in [0.717, 1.165) is 30.6 Å². The molecule has 0 aliphatic heterocycles. The van der Waals surface area contributed by atoms with Gasteiger partial charge in [-0.05, 0) is 30.4 Å². The second-order valence-corrected chi connectivity index (χ2v) is 5.62. The highest BCUT2D eigenvalue weighted by atomic mass is 16.1. The first kappa shape index (κ1) is 17.9. The molecule has 2 aromatic heterocycles. The summed E-state index contributed by atoms with van der Waals surface area (Å²) in [6.07, 6.45) is 8.17. The molecule has 4 nitrogen and oxygen atoms in total. The van der Waals surface area contributed by atoms with Crippen molar-refractivity contribution in [2.45, 2.75) is 47.0 Å². The van der Waals surface area contributed by atoms with Crippen molar-refractivity contribution in [2.24, 2.45) is 0 Å². The Kier molecular flexibility index (Phi) is 6.24. The van der Waals surface area contributed by atoms with Gasteiger partial charge in [0.15, 0.2) is 11.4 Å². The molecule has 24 heavy (non-hydrogen) atoms. The van der Waals surface area contributed by atoms with Crippen molar-refractivity contribution in [3.8, 4) is 0 Å². The Bertz CT molecular complexity index is 798. The maximum absolute atomic E-state index is 11.3. The molecule has 0 radical (unpaired) electrons. The van der Waals surface area contributed by atoms with E-state index in [1.807, 2.05) is 11.3 Å². The lowest BCUT2D eigenvalue weighted by Gasteiger charge is -2.03. The second kappa shape index (κ2) is 8.39. The van der Waals surface area contributed by atoms with E-state index < -0.39 is 0 Å². The van der Waals surface area contributed by atoms with Crippen molar-refractivity contribution in [1.82, 2.24) is 14.4 Å². The molecule has 0 aliphatic carbocycles. The van der Waals surface area contributed by atoms with E-state index in [4.69, 9.17) is 0 Å². The number of Topliss-reactive ketones (excluding diaryl/α,β-unsaturated/α-hetero) is 1. The molecule has 0 atom stereocenters. The second-order valence-electron chi connectivity index (χ2n) is 5.62. The number of aromatic nitrogens is 3. The van der Waals surface area contributed by atoms with E-state index in [-0.39, 0.29) is 5.78 Å². The number of nitrogens with zero attached hydrogens (tertiary/aromatic N) is 3. The summed E-state index contributed by atoms with van der Waals surface area (Å²) in [5.74, 6) is 0.0263. The smallest absolute Gasteiger partial charge is 0.178 e. The number of hydrogen-bond donors (Lipinski definition) is 0. The minimum Gasteiger partial charge on any atom is -0.293 e. The number of hydrogen-bond acceptors (Lipinski definition) is 3. The van der Waals surface area contributed by atoms with Crippen LogP contribution < -0.4 is 0 Å². The van der Waals surface area contributed by atoms with Crippen molar-refractivity contribution < 1.29 is 4.79 Å². The van der Waals surface area contributed by atoms with E-state index >= 15 is 0 Å². The lowest BCUT2D eigenvalue weighted by Crippen LogP contribution is -2.04. The van der Waals surface area contributed by atoms with Crippen LogP contribution in [0.5, 0.6) is 0 Å². The summed E-state index contributed by atoms with van der Waals surface area (Å²) in [6.45, 7) is 7.98. The Morgan fingerprint density at radius 2 is 1.58 bits per heavy atom. The van der Waals surface area contributed by atoms with Crippen LogP contribution in [0.4, 0.5) is 0 Å². The first-order chi connectivity index (χ1) is 11.6. The predicted molar refractivity (Wildman–Crippen MR) is 97.6 cm³/mol. The zero-order valence-electron chi connectivity index (χ0n) is 14.9. The summed E-state index contributed by atoms with van der Waals surface area (Å²) < 4.78 is 1.86. The summed E-state index contributed by atoms with van der Waals surface area (Å²) in [5, 5.41) is 0. The van der Waals surface area contributed by atoms with Crippen LogP contribution in [0.3, 0.4) is 0 Å². The van der Waals surface area contributed by atoms with Gasteiger partial charge < -0.3 is 0 Å². The first-order valence-corrected chi connectivity index (χ1v) is 8.50. The number of ketones is 1. The van der Waals surface area contributed by atoms with Crippen molar-refractivity contribution in [3.05, 3.63) is 65.4 Å². The average Bonchev–Trinajstić information content (AvgIpc) is 3.06. The molecule has 0 bridgehead atoms. The molecule has 0 saturated heterocycles. The number of fused-ring (bicyclic) bond motifs is 1. The lowest BCUT2D eigenvalue weighted by molar-refractivity contribution is 0.101. The van der Waals surface area contributed by atoms with E-state index in [0.29, 0.717) is 5.69 Å². The van der Waals surface area contributed by atoms with E-state index in [2.05, 4.69) is 48.1 Å². The third kappa shape index (κ3) is 3.88. The number of benzene rings is 1. The molecule has 0 fully saturated rings. The van der Waals surface area contributed by atoms with Crippen LogP contribution in [0.25, 0.3) is 5.65 Å². The van der Waals surface area contributed by atoms with Crippen molar-refractivity contribution in [1.29, 1.82) is 0 Å². The summed E-state index contributed by atoms with van der Waals surface area (Å²) in [5.41, 5.74) is 5.34. The zero-order valence-corrected chi connectivity index (χ0v) is 14.9. The largest absolute Gasteiger partial charge is 0.293 e. The Morgan fingerprint density at radius 1 is 0.958 bits per heavy atom. The fraction of sp³-hybridized carbons (Fsp3) is 0.350. The molecule has 0 unspecified atom stereocenters. The van der Waals surface area contributed by atoms with Crippen LogP contribution in [0.1, 0.15) is 55.0 Å². The molecule has 1 aromatic carbocycles. The lowest BCUT2D eigenvalue weighted by atomic mass is 10.0. The van der Waals surface area contributed by atoms with E-state index in [9.17, 15) is 4.79 Å². The Morgan fingerprint density at radius 3 is 2.08 bits per heavy atom. The fourth-order valence-corrected chi connectivity index (χ4v) is 2.75. The van der Waals surface area contributed by atoms with E-state index in [1.54, 1.807) is 25.5 Å². The van der Waals surface area contributed by atoms with Gasteiger partial charge in [-0.1, -0.05) is 45.0 Å². The van der Waals surface area contributed by atoms with Crippen LogP contribution in [-0.4, -0.2) is 20.2 Å². The molecule has 3 aromatic rings. The van der Waals surface area contributed by atoms with Gasteiger partial charge in [0, 0.05) is 18.8 Å². The Balaban J connectivity index is 0.000000185. The number of rotatable bonds is 4. The quantitative estimate of drug-likeness (QED) is 0.672. The average molecular weight is 323 g/mol. The molecule has 3 rings (SSSR count). The van der Waals surface area contributed by atoms with Crippen molar-refractivity contribution in [3.63, 3.8) is 0 Å². The highest BCUT2D eigenvalue weighted by Crippen LogP contribution is 2.10. The van der Waals surface area contributed by atoms with Crippen LogP contribution in [-0.2, 0) is 19.3 Å². The van der Waals surface area contributed by atoms with Gasteiger partial charge in [-0.15, -0.1) is 0 Å². The minimum absolute atomic E-state index is 0.0263. The van der Waals surface area contributed by atoms with E-state index in [1.165, 1.54) is 11.1 Å². The van der Waals surface area contributed by atoms with Gasteiger partial charge in [0.05, 0.1) is 12.4 Å². The van der Waals surface area contributed by atoms with Gasteiger partial charge >= 0.3 is 0 Å². The molecule has 126 valence electrons. The number of imidazole rings is 1. The molecular formula is C20H25N3O. The monoisotopic (exact) mass is 323 g/mol. The molecule has 4 heteroatoms. The molecule has 0 amide bonds. The van der Waals surface area contributed by atoms with Gasteiger partial charge in [0.2, 0.25) is 0 Å². The maximum Gasteiger partial charge on any atom is 0.178 e. The summed E-state index contributed by atoms with van der Waals surface area (Å²) in [7, 11) is 0. The third-order valence-corrected chi connectivity index (χ3v) is 4.09. The van der Waals surface area contributed by atoms with Crippen LogP contribution in [0.2, 0.25) is 0 Å². The number of carbonyl (C=O) groups excluding carboxylic acids is 1. The molecule has 2 heterocycles. The zero-order chi connectivity index (χ0) is 17.5. The third-order valence-electron chi connectivity index (χ3n) is 4.09. The Labute approximate surface area is 143 Å². The Hall–Kier alpha value is -2.49. The van der Waals surface area contributed by atoms with Crippen molar-refractivity contribution >= 4 is 11.4 Å². The number of carbonyl (C=O) groups is 1. The minimum atomic E-state index is 0.0263. The number of aryl methyl sites for hydroxylation is 3. The van der Waals surface area contributed by atoms with Gasteiger partial charge in [-0.3, -0.25) is 14.2 Å². The molecule has 0 saturated carbocycles. The van der Waals surface area contributed by atoms with Crippen molar-refractivity contribution in [2.75, 3.05) is 0 Å². The summed E-state index contributed by atoms with van der Waals surface area (Å²) >= 11 is 0. The van der Waals surface area contributed by atoms with Gasteiger partial charge in [0.1, 0.15) is 5.69 Å². The van der Waals surface area contributed by atoms with Crippen LogP contribution in [0.15, 0.2) is 42.9 Å². The SMILES string of the molecule is CCc1ccccc1CC.CCc1cncc2ncc(C(C)=O)n12. The first-order valence-electron chi connectivity index (χ1n) is 8.50. The molecule has 0 spiro atoms. The fourth-order valence-electron chi connectivity index (χ4n) is 2.75. The van der Waals surface area contributed by atoms with Crippen LogP contribution >= 0.6 is 0 Å². The van der Waals surface area contributed by atoms with Crippen LogP contribution in [0, 0.1) is 0 Å². The topological polar surface area (TPSA) is 47.3 Å². The van der Waals surface area contributed by atoms with Gasteiger partial charge in [-0.2, -0.15) is 0 Å². The summed E-state index contributed by atoms with van der Waals surface area (Å²) in [6, 6.07) is 8.63. The standard InChI is InChI=1S/C10H11N3O.C10H14/c1-3-8-4-11-6-10-12-5-9(7(2)14)13(8)10;1-3-9-7-5-6-8-10(9)4-2/h4-6H,3H2,1-2H3;5-8H,3-4H2,1-2H3. The normalized spacial score (nSPS) is 10.3.